The lowest BCUT2D eigenvalue weighted by Crippen LogP contribution is -2.38. The van der Waals surface area contributed by atoms with Crippen molar-refractivity contribution in [3.63, 3.8) is 0 Å². The molecule has 15 heteroatoms. The Morgan fingerprint density at radius 2 is 1.47 bits per heavy atom. The smallest absolute Gasteiger partial charge is 0.330 e. The average Bonchev–Trinajstić information content (AvgIpc) is 4.00. The molecule has 1 N–H and O–H groups in total. The fourth-order valence-corrected chi connectivity index (χ4v) is 11.8. The summed E-state index contributed by atoms with van der Waals surface area (Å²) in [5, 5.41) is 0. The van der Waals surface area contributed by atoms with Gasteiger partial charge in [0, 0.05) is 25.2 Å². The second kappa shape index (κ2) is 17.9. The number of nitrogens with zero attached hydrogens (tertiary/aromatic N) is 2. The molecule has 0 bridgehead atoms. The Kier molecular flexibility index (Phi) is 12.4. The maximum absolute atomic E-state index is 13.6. The van der Waals surface area contributed by atoms with Crippen LogP contribution >= 0.6 is 8.53 Å². The first-order valence-electron chi connectivity index (χ1n) is 19.7. The van der Waals surface area contributed by atoms with Gasteiger partial charge in [-0.15, -0.1) is 5.92 Å². The van der Waals surface area contributed by atoms with Gasteiger partial charge in [0.25, 0.3) is 14.1 Å². The first kappa shape index (κ1) is 41.6. The van der Waals surface area contributed by atoms with Gasteiger partial charge in [-0.1, -0.05) is 78.7 Å². The first-order valence-corrected chi connectivity index (χ1v) is 22.5. The van der Waals surface area contributed by atoms with Crippen molar-refractivity contribution in [1.29, 1.82) is 0 Å². The Balaban J connectivity index is 1.16. The standard InChI is InChI=1S/C45H46N3O10PS/c1-4-12-31-28-47(44(50)46-43(31)49)42-27-39(57-59-48-26-11-17-38(48)41(58-59)30-60(51,52)37-15-9-6-10-16-37)40(56-42)29-55-45(32-13-7-5-8-14-32,33-18-22-35(53-2)23-19-33)34-20-24-36(54-3)25-21-34/h5-10,13-16,18-25,28,38-42H,11,17,26-27,29-30H2,1-3H3,(H,46,49,50)/t38-,39-,40+,41+,42+,59-/m0/s1. The predicted octanol–water partition coefficient (Wildman–Crippen LogP) is 6.17. The molecule has 0 radical (unpaired) electrons. The molecule has 4 heterocycles. The topological polar surface area (TPSA) is 148 Å². The third-order valence-corrected chi connectivity index (χ3v) is 14.8. The van der Waals surface area contributed by atoms with E-state index in [-0.39, 0.29) is 35.3 Å². The minimum absolute atomic E-state index is 0.0216. The molecule has 312 valence electrons. The Morgan fingerprint density at radius 1 is 0.850 bits per heavy atom. The summed E-state index contributed by atoms with van der Waals surface area (Å²) in [6.07, 6.45) is 0.292. The molecule has 5 aromatic rings. The van der Waals surface area contributed by atoms with Crippen LogP contribution in [0.4, 0.5) is 0 Å². The van der Waals surface area contributed by atoms with Crippen LogP contribution in [0.1, 0.15) is 54.7 Å². The van der Waals surface area contributed by atoms with Crippen LogP contribution in [0.2, 0.25) is 0 Å². The molecule has 0 amide bonds. The van der Waals surface area contributed by atoms with Crippen LogP contribution < -0.4 is 20.7 Å². The number of H-pyrrole nitrogens is 1. The summed E-state index contributed by atoms with van der Waals surface area (Å²) in [6, 6.07) is 33.5. The highest BCUT2D eigenvalue weighted by Gasteiger charge is 2.51. The summed E-state index contributed by atoms with van der Waals surface area (Å²) in [4.78, 5) is 28.6. The van der Waals surface area contributed by atoms with Crippen molar-refractivity contribution in [3.8, 4) is 23.3 Å². The number of fused-ring (bicyclic) bond motifs is 1. The molecule has 0 aliphatic carbocycles. The Morgan fingerprint density at radius 3 is 2.08 bits per heavy atom. The van der Waals surface area contributed by atoms with Gasteiger partial charge < -0.3 is 28.0 Å². The molecule has 0 spiro atoms. The molecule has 3 saturated heterocycles. The van der Waals surface area contributed by atoms with Gasteiger partial charge in [0.15, 0.2) is 9.84 Å². The van der Waals surface area contributed by atoms with Crippen LogP contribution in [0, 0.1) is 11.8 Å². The zero-order valence-corrected chi connectivity index (χ0v) is 35.1. The average molecular weight is 852 g/mol. The van der Waals surface area contributed by atoms with E-state index < -0.39 is 59.8 Å². The molecule has 8 rings (SSSR count). The van der Waals surface area contributed by atoms with E-state index >= 15 is 0 Å². The second-order valence-corrected chi connectivity index (χ2v) is 18.2. The highest BCUT2D eigenvalue weighted by Crippen LogP contribution is 2.58. The van der Waals surface area contributed by atoms with E-state index in [0.717, 1.165) is 29.5 Å². The van der Waals surface area contributed by atoms with Gasteiger partial charge in [-0.25, -0.2) is 17.9 Å². The fourth-order valence-electron chi connectivity index (χ4n) is 8.22. The minimum atomic E-state index is -3.65. The highest BCUT2D eigenvalue weighted by molar-refractivity contribution is 7.91. The van der Waals surface area contributed by atoms with Crippen molar-refractivity contribution in [2.75, 3.05) is 33.1 Å². The number of sulfone groups is 1. The number of ether oxygens (including phenoxy) is 4. The number of methoxy groups -OCH3 is 2. The van der Waals surface area contributed by atoms with Crippen molar-refractivity contribution in [2.45, 2.75) is 67.3 Å². The Bertz CT molecular complexity index is 2510. The summed E-state index contributed by atoms with van der Waals surface area (Å²) in [6.45, 7) is 2.27. The molecule has 0 unspecified atom stereocenters. The predicted molar refractivity (Wildman–Crippen MR) is 226 cm³/mol. The van der Waals surface area contributed by atoms with Crippen molar-refractivity contribution in [3.05, 3.63) is 158 Å². The lowest BCUT2D eigenvalue weighted by Gasteiger charge is -2.37. The monoisotopic (exact) mass is 851 g/mol. The molecule has 3 fully saturated rings. The van der Waals surface area contributed by atoms with Gasteiger partial charge in [0.05, 0.1) is 43.7 Å². The van der Waals surface area contributed by atoms with Crippen LogP contribution in [0.25, 0.3) is 0 Å². The van der Waals surface area contributed by atoms with Crippen LogP contribution in [0.15, 0.2) is 130 Å². The van der Waals surface area contributed by atoms with E-state index in [9.17, 15) is 18.0 Å². The van der Waals surface area contributed by atoms with Crippen LogP contribution in [-0.4, -0.2) is 80.1 Å². The van der Waals surface area contributed by atoms with Crippen LogP contribution in [0.3, 0.4) is 0 Å². The van der Waals surface area contributed by atoms with E-state index in [2.05, 4.69) is 21.5 Å². The molecule has 0 saturated carbocycles. The third kappa shape index (κ3) is 8.32. The van der Waals surface area contributed by atoms with E-state index in [1.165, 1.54) is 10.8 Å². The lowest BCUT2D eigenvalue weighted by molar-refractivity contribution is -0.0920. The maximum atomic E-state index is 13.6. The normalized spacial score (nSPS) is 22.9. The highest BCUT2D eigenvalue weighted by atomic mass is 32.2. The molecule has 4 aromatic carbocycles. The number of hydrogen-bond donors (Lipinski definition) is 1. The van der Waals surface area contributed by atoms with Crippen molar-refractivity contribution in [1.82, 2.24) is 14.2 Å². The molecule has 13 nitrogen and oxygen atoms in total. The van der Waals surface area contributed by atoms with Crippen molar-refractivity contribution in [2.24, 2.45) is 0 Å². The summed E-state index contributed by atoms with van der Waals surface area (Å²) in [7, 11) is -2.17. The maximum Gasteiger partial charge on any atom is 0.330 e. The molecule has 1 aromatic heterocycles. The van der Waals surface area contributed by atoms with Gasteiger partial charge in [-0.05, 0) is 72.9 Å². The largest absolute Gasteiger partial charge is 0.497 e. The SMILES string of the molecule is CC#Cc1cn([C@H]2C[C@H](O[P@@]3O[C@H](CS(=O)(=O)c4ccccc4)[C@@H]4CCCN43)[C@@H](COC(c3ccccc3)(c3ccc(OC)cc3)c3ccc(OC)cc3)O2)c(=O)[nH]c1=O. The zero-order valence-electron chi connectivity index (χ0n) is 33.4. The van der Waals surface area contributed by atoms with Gasteiger partial charge in [0.1, 0.15) is 35.0 Å². The third-order valence-electron chi connectivity index (χ3n) is 11.2. The van der Waals surface area contributed by atoms with Gasteiger partial charge >= 0.3 is 5.69 Å². The molecule has 6 atom stereocenters. The van der Waals surface area contributed by atoms with Crippen LogP contribution in [0.5, 0.6) is 11.5 Å². The lowest BCUT2D eigenvalue weighted by atomic mass is 9.80. The quantitative estimate of drug-likeness (QED) is 0.0778. The second-order valence-electron chi connectivity index (χ2n) is 14.8. The summed E-state index contributed by atoms with van der Waals surface area (Å²) in [5.41, 5.74) is 0.160. The van der Waals surface area contributed by atoms with Gasteiger partial charge in [0.2, 0.25) is 0 Å². The van der Waals surface area contributed by atoms with Crippen LogP contribution in [-0.2, 0) is 34.0 Å². The molecule has 3 aliphatic rings. The minimum Gasteiger partial charge on any atom is -0.497 e. The zero-order chi connectivity index (χ0) is 41.9. The number of aromatic nitrogens is 2. The Labute approximate surface area is 350 Å². The Hall–Kier alpha value is -5.10. The van der Waals surface area contributed by atoms with Gasteiger partial charge in [-0.3, -0.25) is 14.3 Å². The number of aromatic amines is 1. The summed E-state index contributed by atoms with van der Waals surface area (Å²) < 4.78 is 69.1. The number of hydrogen-bond acceptors (Lipinski definition) is 11. The van der Waals surface area contributed by atoms with E-state index in [1.54, 1.807) is 51.5 Å². The molecule has 3 aliphatic heterocycles. The van der Waals surface area contributed by atoms with E-state index in [1.807, 2.05) is 78.9 Å². The fraction of sp³-hybridized carbons (Fsp3) is 0.333. The number of rotatable bonds is 14. The summed E-state index contributed by atoms with van der Waals surface area (Å²) >= 11 is 0. The number of benzene rings is 4. The van der Waals surface area contributed by atoms with E-state index in [0.29, 0.717) is 18.0 Å². The summed E-state index contributed by atoms with van der Waals surface area (Å²) in [5.74, 6) is 6.67. The van der Waals surface area contributed by atoms with Crippen molar-refractivity contribution >= 4 is 18.4 Å². The van der Waals surface area contributed by atoms with E-state index in [4.69, 9.17) is 28.0 Å². The molecule has 60 heavy (non-hydrogen) atoms. The first-order chi connectivity index (χ1) is 29.1. The number of nitrogens with one attached hydrogen (secondary N) is 1. The molecular weight excluding hydrogens is 806 g/mol. The van der Waals surface area contributed by atoms with Gasteiger partial charge in [-0.2, -0.15) is 0 Å². The molecular formula is C45H46N3O10PS. The van der Waals surface area contributed by atoms with Crippen molar-refractivity contribution < 1.29 is 36.4 Å².